The van der Waals surface area contributed by atoms with Crippen LogP contribution in [0.4, 0.5) is 13.2 Å². The molecule has 0 bridgehead atoms. The van der Waals surface area contributed by atoms with Crippen LogP contribution in [0.5, 0.6) is 0 Å². The smallest absolute Gasteiger partial charge is 0.475 e. The Bertz CT molecular complexity index is 618. The van der Waals surface area contributed by atoms with Crippen molar-refractivity contribution >= 4 is 17.6 Å². The van der Waals surface area contributed by atoms with Gasteiger partial charge in [0.15, 0.2) is 0 Å². The van der Waals surface area contributed by atoms with Gasteiger partial charge in [-0.15, -0.1) is 0 Å². The van der Waals surface area contributed by atoms with Crippen LogP contribution in [-0.4, -0.2) is 41.8 Å². The summed E-state index contributed by atoms with van der Waals surface area (Å²) in [6.07, 6.45) is 0.222. The van der Waals surface area contributed by atoms with Gasteiger partial charge in [-0.1, -0.05) is 37.6 Å². The van der Waals surface area contributed by atoms with Gasteiger partial charge in [0.05, 0.1) is 0 Å². The van der Waals surface area contributed by atoms with E-state index >= 15 is 0 Å². The summed E-state index contributed by atoms with van der Waals surface area (Å²) in [6, 6.07) is 8.29. The molecule has 1 aromatic rings. The number of carbonyl (C=O) groups is 1. The minimum absolute atomic E-state index is 0.694. The first-order valence-electron chi connectivity index (χ1n) is 9.98. The minimum atomic E-state index is -5.08. The Labute approximate surface area is 176 Å². The molecule has 4 nitrogen and oxygen atoms in total. The molecule has 1 saturated carbocycles. The van der Waals surface area contributed by atoms with E-state index in [1.807, 2.05) is 6.07 Å². The fourth-order valence-electron chi connectivity index (χ4n) is 3.63. The van der Waals surface area contributed by atoms with Crippen molar-refractivity contribution < 1.29 is 23.1 Å². The molecule has 1 aromatic carbocycles. The topological polar surface area (TPSA) is 66.6 Å². The Morgan fingerprint density at radius 1 is 1.24 bits per heavy atom. The van der Waals surface area contributed by atoms with E-state index in [9.17, 15) is 13.2 Å². The van der Waals surface area contributed by atoms with Crippen molar-refractivity contribution in [1.82, 2.24) is 4.90 Å². The molecular weight excluding hydrogens is 405 g/mol. The lowest BCUT2D eigenvalue weighted by Crippen LogP contribution is -2.34. The average molecular weight is 437 g/mol. The Morgan fingerprint density at radius 3 is 2.24 bits per heavy atom. The first kappa shape index (κ1) is 25.7. The maximum Gasteiger partial charge on any atom is 0.490 e. The van der Waals surface area contributed by atoms with Crippen LogP contribution >= 0.6 is 11.6 Å². The van der Waals surface area contributed by atoms with Crippen molar-refractivity contribution in [2.24, 2.45) is 23.5 Å². The zero-order chi connectivity index (χ0) is 22.0. The van der Waals surface area contributed by atoms with E-state index in [0.29, 0.717) is 5.92 Å². The number of aliphatic carboxylic acids is 1. The van der Waals surface area contributed by atoms with Crippen molar-refractivity contribution in [3.05, 3.63) is 34.9 Å². The molecule has 0 atom stereocenters. The summed E-state index contributed by atoms with van der Waals surface area (Å²) in [4.78, 5) is 11.5. The van der Waals surface area contributed by atoms with Crippen LogP contribution < -0.4 is 5.73 Å². The van der Waals surface area contributed by atoms with Crippen LogP contribution in [0.25, 0.3) is 0 Å². The van der Waals surface area contributed by atoms with Gasteiger partial charge < -0.3 is 10.8 Å². The van der Waals surface area contributed by atoms with E-state index in [4.69, 9.17) is 27.2 Å². The van der Waals surface area contributed by atoms with E-state index in [1.54, 1.807) is 0 Å². The summed E-state index contributed by atoms with van der Waals surface area (Å²) in [5.74, 6) is -0.462. The van der Waals surface area contributed by atoms with E-state index in [2.05, 4.69) is 36.9 Å². The van der Waals surface area contributed by atoms with Gasteiger partial charge in [-0.25, -0.2) is 4.79 Å². The standard InChI is InChI=1S/C19H31ClN2.C2HF3O2/c1-15(2)12-22(14-18-4-3-5-19(20)10-18)13-17-8-6-16(11-21)7-9-17;3-2(4,5)1(6)7/h3-5,10,15-17H,6-9,11-14,21H2,1-2H3;(H,6,7). The highest BCUT2D eigenvalue weighted by Crippen LogP contribution is 2.29. The molecule has 3 N–H and O–H groups in total. The number of alkyl halides is 3. The summed E-state index contributed by atoms with van der Waals surface area (Å²) in [7, 11) is 0. The molecule has 0 heterocycles. The van der Waals surface area contributed by atoms with Gasteiger partial charge in [0.2, 0.25) is 0 Å². The molecule has 0 aromatic heterocycles. The predicted molar refractivity (Wildman–Crippen MR) is 110 cm³/mol. The SMILES string of the molecule is CC(C)CN(Cc1cccc(Cl)c1)CC1CCC(CN)CC1.O=C(O)C(F)(F)F. The second-order valence-corrected chi connectivity index (χ2v) is 8.58. The average Bonchev–Trinajstić information content (AvgIpc) is 2.61. The molecule has 166 valence electrons. The molecule has 8 heteroatoms. The fraction of sp³-hybridized carbons (Fsp3) is 0.667. The molecule has 0 unspecified atom stereocenters. The number of rotatable bonds is 7. The number of hydrogen-bond acceptors (Lipinski definition) is 3. The Hall–Kier alpha value is -1.31. The van der Waals surface area contributed by atoms with Gasteiger partial charge >= 0.3 is 12.1 Å². The second kappa shape index (κ2) is 12.4. The van der Waals surface area contributed by atoms with Gasteiger partial charge in [-0.2, -0.15) is 13.2 Å². The number of carboxylic acids is 1. The van der Waals surface area contributed by atoms with Gasteiger partial charge in [0.25, 0.3) is 0 Å². The third kappa shape index (κ3) is 10.9. The lowest BCUT2D eigenvalue weighted by molar-refractivity contribution is -0.192. The van der Waals surface area contributed by atoms with E-state index in [0.717, 1.165) is 36.5 Å². The lowest BCUT2D eigenvalue weighted by atomic mass is 9.81. The minimum Gasteiger partial charge on any atom is -0.475 e. The van der Waals surface area contributed by atoms with E-state index in [-0.39, 0.29) is 0 Å². The van der Waals surface area contributed by atoms with Crippen molar-refractivity contribution in [3.8, 4) is 0 Å². The van der Waals surface area contributed by atoms with Crippen LogP contribution in [0.15, 0.2) is 24.3 Å². The number of hydrogen-bond donors (Lipinski definition) is 2. The molecule has 1 fully saturated rings. The molecule has 2 rings (SSSR count). The first-order chi connectivity index (χ1) is 13.5. The molecule has 29 heavy (non-hydrogen) atoms. The molecular formula is C21H32ClF3N2O2. The highest BCUT2D eigenvalue weighted by Gasteiger charge is 2.38. The van der Waals surface area contributed by atoms with Gasteiger partial charge in [-0.05, 0) is 67.7 Å². The molecule has 0 amide bonds. The maximum absolute atomic E-state index is 10.6. The number of nitrogens with zero attached hydrogens (tertiary/aromatic N) is 1. The summed E-state index contributed by atoms with van der Waals surface area (Å²) < 4.78 is 31.7. The summed E-state index contributed by atoms with van der Waals surface area (Å²) >= 11 is 6.13. The zero-order valence-electron chi connectivity index (χ0n) is 17.1. The first-order valence-corrected chi connectivity index (χ1v) is 10.4. The fourth-order valence-corrected chi connectivity index (χ4v) is 3.84. The van der Waals surface area contributed by atoms with Crippen LogP contribution in [0.1, 0.15) is 45.1 Å². The van der Waals surface area contributed by atoms with Gasteiger partial charge in [-0.3, -0.25) is 4.90 Å². The molecule has 1 aliphatic carbocycles. The summed E-state index contributed by atoms with van der Waals surface area (Å²) in [6.45, 7) is 8.85. The Balaban J connectivity index is 0.000000516. The number of nitrogens with two attached hydrogens (primary N) is 1. The van der Waals surface area contributed by atoms with Crippen molar-refractivity contribution in [1.29, 1.82) is 0 Å². The predicted octanol–water partition coefficient (Wildman–Crippen LogP) is 5.20. The van der Waals surface area contributed by atoms with Crippen molar-refractivity contribution in [2.75, 3.05) is 19.6 Å². The largest absolute Gasteiger partial charge is 0.490 e. The van der Waals surface area contributed by atoms with Crippen molar-refractivity contribution in [3.63, 3.8) is 0 Å². The highest BCUT2D eigenvalue weighted by atomic mass is 35.5. The summed E-state index contributed by atoms with van der Waals surface area (Å²) in [5.41, 5.74) is 7.13. The van der Waals surface area contributed by atoms with E-state index < -0.39 is 12.1 Å². The molecule has 0 aliphatic heterocycles. The highest BCUT2D eigenvalue weighted by molar-refractivity contribution is 6.30. The van der Waals surface area contributed by atoms with Gasteiger partial charge in [0.1, 0.15) is 0 Å². The third-order valence-corrected chi connectivity index (χ3v) is 5.21. The molecule has 1 aliphatic rings. The Morgan fingerprint density at radius 2 is 1.79 bits per heavy atom. The maximum atomic E-state index is 10.6. The van der Waals surface area contributed by atoms with Gasteiger partial charge in [0, 0.05) is 24.7 Å². The number of halogens is 4. The van der Waals surface area contributed by atoms with E-state index in [1.165, 1.54) is 37.8 Å². The summed E-state index contributed by atoms with van der Waals surface area (Å²) in [5, 5.41) is 7.96. The molecule has 0 spiro atoms. The molecule has 0 saturated heterocycles. The van der Waals surface area contributed by atoms with Crippen LogP contribution in [0.3, 0.4) is 0 Å². The van der Waals surface area contributed by atoms with Crippen molar-refractivity contribution in [2.45, 2.75) is 52.3 Å². The monoisotopic (exact) mass is 436 g/mol. The normalized spacial score (nSPS) is 19.8. The quantitative estimate of drug-likeness (QED) is 0.616. The van der Waals surface area contributed by atoms with Crippen LogP contribution in [0, 0.1) is 17.8 Å². The lowest BCUT2D eigenvalue weighted by Gasteiger charge is -2.33. The zero-order valence-corrected chi connectivity index (χ0v) is 17.8. The molecule has 0 radical (unpaired) electrons. The third-order valence-electron chi connectivity index (χ3n) is 4.98. The van der Waals surface area contributed by atoms with Crippen LogP contribution in [0.2, 0.25) is 5.02 Å². The second-order valence-electron chi connectivity index (χ2n) is 8.14. The number of carboxylic acid groups (broad SMARTS) is 1. The van der Waals surface area contributed by atoms with Crippen LogP contribution in [-0.2, 0) is 11.3 Å². The Kier molecular flexibility index (Phi) is 11.0. The number of benzene rings is 1.